The van der Waals surface area contributed by atoms with Crippen LogP contribution in [0.5, 0.6) is 0 Å². The number of rotatable bonds is 3. The Balaban J connectivity index is 2.72. The lowest BCUT2D eigenvalue weighted by Gasteiger charge is -2.25. The van der Waals surface area contributed by atoms with Crippen LogP contribution in [0, 0.1) is 0 Å². The molecule has 1 amide bonds. The van der Waals surface area contributed by atoms with Gasteiger partial charge in [0.05, 0.1) is 18.6 Å². The van der Waals surface area contributed by atoms with Crippen LogP contribution in [0.15, 0.2) is 0 Å². The van der Waals surface area contributed by atoms with Gasteiger partial charge in [-0.25, -0.2) is 8.42 Å². The Labute approximate surface area is 94.5 Å². The van der Waals surface area contributed by atoms with Crippen LogP contribution in [0.2, 0.25) is 0 Å². The van der Waals surface area contributed by atoms with Crippen LogP contribution in [0.25, 0.3) is 0 Å². The first-order valence-electron chi connectivity index (χ1n) is 4.90. The minimum Gasteiger partial charge on any atom is -0.468 e. The quantitative estimate of drug-likeness (QED) is 0.611. The Bertz CT molecular complexity index is 389. The van der Waals surface area contributed by atoms with Crippen molar-refractivity contribution in [2.75, 3.05) is 25.2 Å². The van der Waals surface area contributed by atoms with E-state index < -0.39 is 21.8 Å². The van der Waals surface area contributed by atoms with Gasteiger partial charge in [0.1, 0.15) is 6.54 Å². The highest BCUT2D eigenvalue weighted by molar-refractivity contribution is 7.91. The molecule has 0 radical (unpaired) electrons. The summed E-state index contributed by atoms with van der Waals surface area (Å²) in [5, 5.41) is 0. The molecule has 1 fully saturated rings. The molecule has 1 saturated heterocycles. The van der Waals surface area contributed by atoms with Crippen LogP contribution in [0.3, 0.4) is 0 Å². The molecule has 0 bridgehead atoms. The van der Waals surface area contributed by atoms with E-state index in [0.717, 1.165) is 0 Å². The predicted octanol–water partition coefficient (Wildman–Crippen LogP) is -0.805. The molecule has 1 aliphatic rings. The van der Waals surface area contributed by atoms with Crippen molar-refractivity contribution in [2.45, 2.75) is 19.4 Å². The second kappa shape index (κ2) is 4.82. The van der Waals surface area contributed by atoms with Crippen LogP contribution in [-0.4, -0.2) is 56.4 Å². The van der Waals surface area contributed by atoms with Crippen LogP contribution >= 0.6 is 0 Å². The number of nitrogens with zero attached hydrogens (tertiary/aromatic N) is 1. The fourth-order valence-electron chi connectivity index (χ4n) is 1.72. The van der Waals surface area contributed by atoms with E-state index in [-0.39, 0.29) is 24.0 Å². The van der Waals surface area contributed by atoms with Crippen molar-refractivity contribution in [3.8, 4) is 0 Å². The number of methoxy groups -OCH3 is 1. The zero-order valence-electron chi connectivity index (χ0n) is 9.30. The maximum atomic E-state index is 11.3. The summed E-state index contributed by atoms with van der Waals surface area (Å²) in [5.74, 6) is -0.848. The monoisotopic (exact) mass is 249 g/mol. The van der Waals surface area contributed by atoms with E-state index in [9.17, 15) is 18.0 Å². The predicted molar refractivity (Wildman–Crippen MR) is 56.5 cm³/mol. The summed E-state index contributed by atoms with van der Waals surface area (Å²) in [6.07, 6.45) is 0.388. The van der Waals surface area contributed by atoms with Gasteiger partial charge < -0.3 is 9.64 Å². The SMILES string of the molecule is COC(=O)CN(C(C)=O)C1CCS(=O)(=O)C1. The van der Waals surface area contributed by atoms with E-state index >= 15 is 0 Å². The number of hydrogen-bond donors (Lipinski definition) is 0. The molecule has 7 heteroatoms. The number of carbonyl (C=O) groups is 2. The smallest absolute Gasteiger partial charge is 0.325 e. The van der Waals surface area contributed by atoms with Gasteiger partial charge >= 0.3 is 5.97 Å². The minimum absolute atomic E-state index is 0.0659. The molecular formula is C9H15NO5S. The third-order valence-corrected chi connectivity index (χ3v) is 4.33. The second-order valence-electron chi connectivity index (χ2n) is 3.78. The average Bonchev–Trinajstić information content (AvgIpc) is 2.54. The molecule has 16 heavy (non-hydrogen) atoms. The largest absolute Gasteiger partial charge is 0.468 e. The van der Waals surface area contributed by atoms with Crippen LogP contribution in [0.1, 0.15) is 13.3 Å². The van der Waals surface area contributed by atoms with Crippen molar-refractivity contribution in [2.24, 2.45) is 0 Å². The van der Waals surface area contributed by atoms with Crippen molar-refractivity contribution in [1.29, 1.82) is 0 Å². The first kappa shape index (κ1) is 13.0. The summed E-state index contributed by atoms with van der Waals surface area (Å²) in [6.45, 7) is 1.12. The van der Waals surface area contributed by atoms with Crippen molar-refractivity contribution >= 4 is 21.7 Å². The van der Waals surface area contributed by atoms with Crippen molar-refractivity contribution in [1.82, 2.24) is 4.90 Å². The molecule has 1 unspecified atom stereocenters. The topological polar surface area (TPSA) is 80.8 Å². The maximum absolute atomic E-state index is 11.3. The molecule has 6 nitrogen and oxygen atoms in total. The first-order valence-corrected chi connectivity index (χ1v) is 6.72. The van der Waals surface area contributed by atoms with Crippen molar-refractivity contribution < 1.29 is 22.7 Å². The Hall–Kier alpha value is -1.11. The third-order valence-electron chi connectivity index (χ3n) is 2.58. The highest BCUT2D eigenvalue weighted by atomic mass is 32.2. The van der Waals surface area contributed by atoms with Gasteiger partial charge in [0.25, 0.3) is 0 Å². The van der Waals surface area contributed by atoms with Gasteiger partial charge in [0, 0.05) is 13.0 Å². The Morgan fingerprint density at radius 1 is 1.44 bits per heavy atom. The molecule has 0 saturated carbocycles. The molecular weight excluding hydrogens is 234 g/mol. The number of sulfone groups is 1. The summed E-state index contributed by atoms with van der Waals surface area (Å²) < 4.78 is 27.0. The van der Waals surface area contributed by atoms with Gasteiger partial charge in [0.2, 0.25) is 5.91 Å². The number of carbonyl (C=O) groups excluding carboxylic acids is 2. The number of ether oxygens (including phenoxy) is 1. The fraction of sp³-hybridized carbons (Fsp3) is 0.778. The normalized spacial score (nSPS) is 22.8. The van der Waals surface area contributed by atoms with Gasteiger partial charge in [0.15, 0.2) is 9.84 Å². The van der Waals surface area contributed by atoms with Gasteiger partial charge in [-0.05, 0) is 6.42 Å². The molecule has 0 N–H and O–H groups in total. The van der Waals surface area contributed by atoms with E-state index in [4.69, 9.17) is 0 Å². The van der Waals surface area contributed by atoms with E-state index in [1.807, 2.05) is 0 Å². The summed E-state index contributed by atoms with van der Waals surface area (Å²) in [4.78, 5) is 23.7. The van der Waals surface area contributed by atoms with Gasteiger partial charge in [-0.1, -0.05) is 0 Å². The highest BCUT2D eigenvalue weighted by Crippen LogP contribution is 2.17. The van der Waals surface area contributed by atoms with E-state index in [0.29, 0.717) is 6.42 Å². The Morgan fingerprint density at radius 3 is 2.44 bits per heavy atom. The molecule has 0 spiro atoms. The fourth-order valence-corrected chi connectivity index (χ4v) is 3.45. The summed E-state index contributed by atoms with van der Waals surface area (Å²) in [6, 6.07) is -0.401. The minimum atomic E-state index is -3.06. The van der Waals surface area contributed by atoms with Crippen molar-refractivity contribution in [3.63, 3.8) is 0 Å². The molecule has 1 rings (SSSR count). The van der Waals surface area contributed by atoms with Crippen LogP contribution in [-0.2, 0) is 24.2 Å². The molecule has 1 heterocycles. The summed E-state index contributed by atoms with van der Waals surface area (Å²) >= 11 is 0. The molecule has 0 aromatic rings. The van der Waals surface area contributed by atoms with Gasteiger partial charge in [-0.2, -0.15) is 0 Å². The molecule has 92 valence electrons. The lowest BCUT2D eigenvalue weighted by molar-refractivity contribution is -0.147. The Kier molecular flexibility index (Phi) is 3.90. The number of amides is 1. The first-order chi connectivity index (χ1) is 7.35. The number of esters is 1. The molecule has 0 aliphatic carbocycles. The average molecular weight is 249 g/mol. The highest BCUT2D eigenvalue weighted by Gasteiger charge is 2.34. The zero-order chi connectivity index (χ0) is 12.3. The number of hydrogen-bond acceptors (Lipinski definition) is 5. The van der Waals surface area contributed by atoms with E-state index in [1.54, 1.807) is 0 Å². The van der Waals surface area contributed by atoms with Crippen LogP contribution < -0.4 is 0 Å². The lowest BCUT2D eigenvalue weighted by atomic mass is 10.2. The summed E-state index contributed by atoms with van der Waals surface area (Å²) in [5.41, 5.74) is 0. The maximum Gasteiger partial charge on any atom is 0.325 e. The zero-order valence-corrected chi connectivity index (χ0v) is 10.1. The molecule has 0 aromatic heterocycles. The molecule has 1 atom stereocenters. The van der Waals surface area contributed by atoms with Crippen LogP contribution in [0.4, 0.5) is 0 Å². The Morgan fingerprint density at radius 2 is 2.06 bits per heavy atom. The van der Waals surface area contributed by atoms with Crippen molar-refractivity contribution in [3.05, 3.63) is 0 Å². The summed E-state index contributed by atoms with van der Waals surface area (Å²) in [7, 11) is -1.83. The molecule has 1 aliphatic heterocycles. The van der Waals surface area contributed by atoms with Gasteiger partial charge in [-0.3, -0.25) is 9.59 Å². The van der Waals surface area contributed by atoms with E-state index in [1.165, 1.54) is 18.9 Å². The molecule has 0 aromatic carbocycles. The third kappa shape index (κ3) is 3.19. The second-order valence-corrected chi connectivity index (χ2v) is 6.01. The standard InChI is InChI=1S/C9H15NO5S/c1-7(11)10(5-9(12)15-2)8-3-4-16(13,14)6-8/h8H,3-6H2,1-2H3. The lowest BCUT2D eigenvalue weighted by Crippen LogP contribution is -2.43. The van der Waals surface area contributed by atoms with E-state index in [2.05, 4.69) is 4.74 Å². The van der Waals surface area contributed by atoms with Gasteiger partial charge in [-0.15, -0.1) is 0 Å².